The van der Waals surface area contributed by atoms with Crippen LogP contribution >= 0.6 is 11.8 Å². The van der Waals surface area contributed by atoms with Crippen LogP contribution in [0.5, 0.6) is 0 Å². The molecule has 1 aromatic heterocycles. The summed E-state index contributed by atoms with van der Waals surface area (Å²) in [4.78, 5) is 12.3. The van der Waals surface area contributed by atoms with Gasteiger partial charge in [-0.25, -0.2) is 0 Å². The summed E-state index contributed by atoms with van der Waals surface area (Å²) in [6.07, 6.45) is 0. The fourth-order valence-corrected chi connectivity index (χ4v) is 3.62. The Morgan fingerprint density at radius 1 is 1.11 bits per heavy atom. The molecule has 0 saturated heterocycles. The molecule has 0 saturated carbocycles. The Bertz CT molecular complexity index is 977. The zero-order valence-electron chi connectivity index (χ0n) is 17.0. The lowest BCUT2D eigenvalue weighted by Crippen LogP contribution is -2.15. The van der Waals surface area contributed by atoms with Gasteiger partial charge in [0.15, 0.2) is 11.0 Å². The van der Waals surface area contributed by atoms with E-state index in [2.05, 4.69) is 53.6 Å². The largest absolute Gasteiger partial charge is 0.325 e. The van der Waals surface area contributed by atoms with Crippen LogP contribution in [0.1, 0.15) is 36.5 Å². The molecule has 6 heteroatoms. The Kier molecular flexibility index (Phi) is 6.19. The first-order valence-electron chi connectivity index (χ1n) is 9.35. The molecule has 146 valence electrons. The van der Waals surface area contributed by atoms with Gasteiger partial charge in [-0.05, 0) is 42.5 Å². The summed E-state index contributed by atoms with van der Waals surface area (Å²) in [7, 11) is 1.93. The van der Waals surface area contributed by atoms with E-state index >= 15 is 0 Å². The van der Waals surface area contributed by atoms with E-state index in [9.17, 15) is 4.79 Å². The minimum atomic E-state index is -0.0514. The molecule has 0 fully saturated rings. The Morgan fingerprint density at radius 2 is 1.82 bits per heavy atom. The standard InChI is InChI=1S/C22H26N4OS/c1-14(2)17-9-11-18(12-10-17)21-24-25-22(26(21)5)28-13-20(27)23-19-8-6-7-15(3)16(19)4/h6-12,14H,13H2,1-5H3,(H,23,27). The molecule has 0 aliphatic carbocycles. The third-order valence-electron chi connectivity index (χ3n) is 4.88. The molecule has 3 rings (SSSR count). The number of aryl methyl sites for hydroxylation is 1. The molecular formula is C22H26N4OS. The second-order valence-corrected chi connectivity index (χ2v) is 8.17. The third-order valence-corrected chi connectivity index (χ3v) is 5.90. The maximum Gasteiger partial charge on any atom is 0.234 e. The minimum Gasteiger partial charge on any atom is -0.325 e. The van der Waals surface area contributed by atoms with Crippen molar-refractivity contribution in [3.63, 3.8) is 0 Å². The van der Waals surface area contributed by atoms with Crippen LogP contribution in [0.2, 0.25) is 0 Å². The maximum absolute atomic E-state index is 12.3. The van der Waals surface area contributed by atoms with Gasteiger partial charge in [0.05, 0.1) is 5.75 Å². The van der Waals surface area contributed by atoms with Crippen molar-refractivity contribution in [2.75, 3.05) is 11.1 Å². The van der Waals surface area contributed by atoms with Gasteiger partial charge in [-0.3, -0.25) is 4.79 Å². The summed E-state index contributed by atoms with van der Waals surface area (Å²) in [5.41, 5.74) is 5.42. The van der Waals surface area contributed by atoms with Crippen LogP contribution in [-0.4, -0.2) is 26.4 Å². The predicted octanol–water partition coefficient (Wildman–Crippen LogP) is 4.95. The van der Waals surface area contributed by atoms with Crippen molar-refractivity contribution in [1.82, 2.24) is 14.8 Å². The molecule has 3 aromatic rings. The number of amides is 1. The molecule has 0 spiro atoms. The summed E-state index contributed by atoms with van der Waals surface area (Å²) >= 11 is 1.39. The van der Waals surface area contributed by atoms with E-state index in [4.69, 9.17) is 0 Å². The third kappa shape index (κ3) is 4.44. The summed E-state index contributed by atoms with van der Waals surface area (Å²) in [6, 6.07) is 14.3. The highest BCUT2D eigenvalue weighted by molar-refractivity contribution is 7.99. The van der Waals surface area contributed by atoms with Gasteiger partial charge in [0.1, 0.15) is 0 Å². The van der Waals surface area contributed by atoms with E-state index in [1.165, 1.54) is 17.3 Å². The average Bonchev–Trinajstić information content (AvgIpc) is 3.04. The SMILES string of the molecule is Cc1cccc(NC(=O)CSc2nnc(-c3ccc(C(C)C)cc3)n2C)c1C. The molecule has 28 heavy (non-hydrogen) atoms. The normalized spacial score (nSPS) is 11.1. The molecule has 0 radical (unpaired) electrons. The number of rotatable bonds is 6. The highest BCUT2D eigenvalue weighted by Crippen LogP contribution is 2.25. The number of nitrogens with one attached hydrogen (secondary N) is 1. The first kappa shape index (κ1) is 20.1. The average molecular weight is 395 g/mol. The fraction of sp³-hybridized carbons (Fsp3) is 0.318. The fourth-order valence-electron chi connectivity index (χ4n) is 2.91. The zero-order valence-corrected chi connectivity index (χ0v) is 17.8. The van der Waals surface area contributed by atoms with Crippen LogP contribution in [-0.2, 0) is 11.8 Å². The lowest BCUT2D eigenvalue weighted by Gasteiger charge is -2.10. The van der Waals surface area contributed by atoms with Crippen molar-refractivity contribution in [3.8, 4) is 11.4 Å². The maximum atomic E-state index is 12.3. The Hall–Kier alpha value is -2.60. The van der Waals surface area contributed by atoms with Crippen molar-refractivity contribution < 1.29 is 4.79 Å². The molecule has 5 nitrogen and oxygen atoms in total. The van der Waals surface area contributed by atoms with Crippen molar-refractivity contribution in [2.45, 2.75) is 38.8 Å². The zero-order chi connectivity index (χ0) is 20.3. The monoisotopic (exact) mass is 394 g/mol. The minimum absolute atomic E-state index is 0.0514. The predicted molar refractivity (Wildman–Crippen MR) is 116 cm³/mol. The van der Waals surface area contributed by atoms with Gasteiger partial charge in [0, 0.05) is 18.3 Å². The molecule has 1 heterocycles. The topological polar surface area (TPSA) is 59.8 Å². The molecule has 2 aromatic carbocycles. The van der Waals surface area contributed by atoms with Crippen LogP contribution in [0, 0.1) is 13.8 Å². The number of hydrogen-bond donors (Lipinski definition) is 1. The van der Waals surface area contributed by atoms with Gasteiger partial charge in [-0.1, -0.05) is 62.0 Å². The van der Waals surface area contributed by atoms with Crippen molar-refractivity contribution in [3.05, 3.63) is 59.2 Å². The van der Waals surface area contributed by atoms with E-state index in [-0.39, 0.29) is 11.7 Å². The van der Waals surface area contributed by atoms with Crippen molar-refractivity contribution >= 4 is 23.4 Å². The van der Waals surface area contributed by atoms with E-state index in [1.807, 2.05) is 43.7 Å². The van der Waals surface area contributed by atoms with E-state index in [1.54, 1.807) is 0 Å². The number of thioether (sulfide) groups is 1. The highest BCUT2D eigenvalue weighted by atomic mass is 32.2. The number of carbonyl (C=O) groups is 1. The first-order chi connectivity index (χ1) is 13.4. The van der Waals surface area contributed by atoms with Gasteiger partial charge in [-0.15, -0.1) is 10.2 Å². The lowest BCUT2D eigenvalue weighted by atomic mass is 10.0. The van der Waals surface area contributed by atoms with E-state index in [0.717, 1.165) is 33.4 Å². The molecule has 0 aliphatic heterocycles. The number of anilines is 1. The molecule has 0 unspecified atom stereocenters. The Balaban J connectivity index is 1.65. The number of hydrogen-bond acceptors (Lipinski definition) is 4. The lowest BCUT2D eigenvalue weighted by molar-refractivity contribution is -0.113. The van der Waals surface area contributed by atoms with Crippen LogP contribution < -0.4 is 5.32 Å². The van der Waals surface area contributed by atoms with E-state index in [0.29, 0.717) is 5.92 Å². The number of benzene rings is 2. The Labute approximate surface area is 170 Å². The van der Waals surface area contributed by atoms with Gasteiger partial charge >= 0.3 is 0 Å². The van der Waals surface area contributed by atoms with Gasteiger partial charge in [-0.2, -0.15) is 0 Å². The van der Waals surface area contributed by atoms with Gasteiger partial charge in [0.25, 0.3) is 0 Å². The summed E-state index contributed by atoms with van der Waals surface area (Å²) in [5.74, 6) is 1.53. The molecular weight excluding hydrogens is 368 g/mol. The van der Waals surface area contributed by atoms with Gasteiger partial charge < -0.3 is 9.88 Å². The summed E-state index contributed by atoms with van der Waals surface area (Å²) < 4.78 is 1.93. The van der Waals surface area contributed by atoms with Crippen LogP contribution in [0.25, 0.3) is 11.4 Å². The van der Waals surface area contributed by atoms with Crippen molar-refractivity contribution in [1.29, 1.82) is 0 Å². The molecule has 0 atom stereocenters. The number of aromatic nitrogens is 3. The second-order valence-electron chi connectivity index (χ2n) is 7.23. The Morgan fingerprint density at radius 3 is 2.50 bits per heavy atom. The van der Waals surface area contributed by atoms with Crippen LogP contribution in [0.15, 0.2) is 47.6 Å². The second kappa shape index (κ2) is 8.61. The van der Waals surface area contributed by atoms with Crippen LogP contribution in [0.4, 0.5) is 5.69 Å². The van der Waals surface area contributed by atoms with Gasteiger partial charge in [0.2, 0.25) is 5.91 Å². The summed E-state index contributed by atoms with van der Waals surface area (Å²) in [5, 5.41) is 12.3. The quantitative estimate of drug-likeness (QED) is 0.601. The summed E-state index contributed by atoms with van der Waals surface area (Å²) in [6.45, 7) is 8.40. The molecule has 0 bridgehead atoms. The molecule has 1 amide bonds. The van der Waals surface area contributed by atoms with E-state index < -0.39 is 0 Å². The smallest absolute Gasteiger partial charge is 0.234 e. The first-order valence-corrected chi connectivity index (χ1v) is 10.3. The molecule has 0 aliphatic rings. The number of carbonyl (C=O) groups excluding carboxylic acids is 1. The molecule has 1 N–H and O–H groups in total. The van der Waals surface area contributed by atoms with Crippen molar-refractivity contribution in [2.24, 2.45) is 7.05 Å². The highest BCUT2D eigenvalue weighted by Gasteiger charge is 2.14. The number of nitrogens with zero attached hydrogens (tertiary/aromatic N) is 3. The van der Waals surface area contributed by atoms with Crippen LogP contribution in [0.3, 0.4) is 0 Å².